The quantitative estimate of drug-likeness (QED) is 0.908. The first-order chi connectivity index (χ1) is 12.1. The summed E-state index contributed by atoms with van der Waals surface area (Å²) in [6.07, 6.45) is 1.37. The number of anilines is 1. The highest BCUT2D eigenvalue weighted by molar-refractivity contribution is 5.93. The molecule has 0 unspecified atom stereocenters. The van der Waals surface area contributed by atoms with Crippen LogP contribution in [0.25, 0.3) is 0 Å². The minimum atomic E-state index is -0.0776. The number of nitrogens with one attached hydrogen (secondary N) is 1. The highest BCUT2D eigenvalue weighted by Gasteiger charge is 2.29. The second-order valence-corrected chi connectivity index (χ2v) is 6.27. The van der Waals surface area contributed by atoms with Crippen molar-refractivity contribution in [1.82, 2.24) is 9.80 Å². The van der Waals surface area contributed by atoms with Crippen molar-refractivity contribution in [3.05, 3.63) is 18.2 Å². The fraction of sp³-hybridized carbons (Fsp3) is 0.556. The van der Waals surface area contributed by atoms with Crippen molar-refractivity contribution < 1.29 is 19.1 Å². The Hall–Kier alpha value is -2.44. The molecule has 1 fully saturated rings. The van der Waals surface area contributed by atoms with Crippen LogP contribution < -0.4 is 14.8 Å². The summed E-state index contributed by atoms with van der Waals surface area (Å²) in [5.41, 5.74) is 0.705. The smallest absolute Gasteiger partial charge is 0.319 e. The molecule has 0 bridgehead atoms. The number of likely N-dealkylation sites (tertiary alicyclic amines) is 1. The second-order valence-electron chi connectivity index (χ2n) is 6.27. The van der Waals surface area contributed by atoms with Gasteiger partial charge in [0, 0.05) is 43.9 Å². The third-order valence-electron chi connectivity index (χ3n) is 4.81. The number of hydrogen-bond acceptors (Lipinski definition) is 4. The number of rotatable bonds is 4. The molecule has 0 radical (unpaired) electrons. The first kappa shape index (κ1) is 17.4. The van der Waals surface area contributed by atoms with Crippen LogP contribution in [0.15, 0.2) is 18.2 Å². The van der Waals surface area contributed by atoms with Crippen LogP contribution in [-0.2, 0) is 4.79 Å². The molecule has 1 saturated heterocycles. The Balaban J connectivity index is 1.52. The molecule has 7 heteroatoms. The van der Waals surface area contributed by atoms with Crippen LogP contribution in [0.1, 0.15) is 26.7 Å². The molecule has 0 spiro atoms. The van der Waals surface area contributed by atoms with Crippen LogP contribution in [0.2, 0.25) is 0 Å². The predicted molar refractivity (Wildman–Crippen MR) is 93.8 cm³/mol. The monoisotopic (exact) mass is 347 g/mol. The molecule has 2 heterocycles. The molecule has 1 aromatic carbocycles. The lowest BCUT2D eigenvalue weighted by atomic mass is 9.96. The van der Waals surface area contributed by atoms with Gasteiger partial charge in [0.1, 0.15) is 0 Å². The summed E-state index contributed by atoms with van der Waals surface area (Å²) < 4.78 is 10.6. The van der Waals surface area contributed by atoms with Crippen LogP contribution in [0.3, 0.4) is 0 Å². The number of fused-ring (bicyclic) bond motifs is 1. The molecule has 2 aliphatic rings. The summed E-state index contributed by atoms with van der Waals surface area (Å²) in [5.74, 6) is 1.26. The minimum absolute atomic E-state index is 0.00574. The molecule has 25 heavy (non-hydrogen) atoms. The Bertz CT molecular complexity index is 637. The summed E-state index contributed by atoms with van der Waals surface area (Å²) in [6, 6.07) is 5.45. The fourth-order valence-electron chi connectivity index (χ4n) is 3.25. The molecule has 0 saturated carbocycles. The first-order valence-corrected chi connectivity index (χ1v) is 8.86. The highest BCUT2D eigenvalue weighted by Crippen LogP contribution is 2.34. The summed E-state index contributed by atoms with van der Waals surface area (Å²) in [6.45, 7) is 6.83. The molecular formula is C18H25N3O4. The van der Waals surface area contributed by atoms with Crippen molar-refractivity contribution in [2.24, 2.45) is 5.92 Å². The van der Waals surface area contributed by atoms with Gasteiger partial charge in [0.05, 0.1) is 0 Å². The van der Waals surface area contributed by atoms with Crippen molar-refractivity contribution in [2.45, 2.75) is 26.7 Å². The van der Waals surface area contributed by atoms with Gasteiger partial charge in [0.25, 0.3) is 0 Å². The molecular weight excluding hydrogens is 322 g/mol. The maximum atomic E-state index is 12.5. The summed E-state index contributed by atoms with van der Waals surface area (Å²) in [7, 11) is 0. The zero-order valence-electron chi connectivity index (χ0n) is 14.8. The van der Waals surface area contributed by atoms with E-state index < -0.39 is 0 Å². The molecule has 3 amide bonds. The number of ether oxygens (including phenoxy) is 2. The van der Waals surface area contributed by atoms with Gasteiger partial charge >= 0.3 is 6.03 Å². The van der Waals surface area contributed by atoms with E-state index in [0.717, 1.165) is 0 Å². The van der Waals surface area contributed by atoms with Gasteiger partial charge in [-0.1, -0.05) is 0 Å². The van der Waals surface area contributed by atoms with E-state index in [2.05, 4.69) is 5.32 Å². The summed E-state index contributed by atoms with van der Waals surface area (Å²) >= 11 is 0. The average Bonchev–Trinajstić information content (AvgIpc) is 3.10. The fourth-order valence-corrected chi connectivity index (χ4v) is 3.25. The number of benzene rings is 1. The van der Waals surface area contributed by atoms with Crippen molar-refractivity contribution in [3.8, 4) is 11.5 Å². The van der Waals surface area contributed by atoms with Gasteiger partial charge < -0.3 is 24.6 Å². The lowest BCUT2D eigenvalue weighted by molar-refractivity contribution is -0.121. The van der Waals surface area contributed by atoms with Crippen molar-refractivity contribution in [3.63, 3.8) is 0 Å². The third-order valence-corrected chi connectivity index (χ3v) is 4.81. The summed E-state index contributed by atoms with van der Waals surface area (Å²) in [4.78, 5) is 28.5. The molecule has 0 aromatic heterocycles. The van der Waals surface area contributed by atoms with Gasteiger partial charge in [-0.3, -0.25) is 4.79 Å². The Labute approximate surface area is 147 Å². The van der Waals surface area contributed by atoms with Crippen LogP contribution >= 0.6 is 0 Å². The first-order valence-electron chi connectivity index (χ1n) is 8.86. The maximum Gasteiger partial charge on any atom is 0.319 e. The van der Waals surface area contributed by atoms with Gasteiger partial charge in [0.15, 0.2) is 11.5 Å². The number of piperidine rings is 1. The number of amides is 3. The van der Waals surface area contributed by atoms with Gasteiger partial charge in [-0.05, 0) is 38.8 Å². The number of hydrogen-bond donors (Lipinski definition) is 1. The highest BCUT2D eigenvalue weighted by atomic mass is 16.7. The Kier molecular flexibility index (Phi) is 5.31. The van der Waals surface area contributed by atoms with Gasteiger partial charge in [0.2, 0.25) is 12.7 Å². The molecule has 3 rings (SSSR count). The van der Waals surface area contributed by atoms with Gasteiger partial charge in [-0.2, -0.15) is 0 Å². The normalized spacial score (nSPS) is 16.6. The zero-order valence-corrected chi connectivity index (χ0v) is 14.8. The van der Waals surface area contributed by atoms with E-state index in [1.54, 1.807) is 12.1 Å². The van der Waals surface area contributed by atoms with E-state index in [0.29, 0.717) is 56.2 Å². The molecule has 7 nitrogen and oxygen atoms in total. The molecule has 0 atom stereocenters. The van der Waals surface area contributed by atoms with Crippen molar-refractivity contribution >= 4 is 17.6 Å². The number of urea groups is 1. The van der Waals surface area contributed by atoms with Crippen molar-refractivity contribution in [2.75, 3.05) is 38.3 Å². The molecule has 2 aliphatic heterocycles. The van der Waals surface area contributed by atoms with Gasteiger partial charge in [-0.25, -0.2) is 4.79 Å². The maximum absolute atomic E-state index is 12.5. The van der Waals surface area contributed by atoms with E-state index in [1.165, 1.54) is 0 Å². The lowest BCUT2D eigenvalue weighted by Gasteiger charge is -2.34. The van der Waals surface area contributed by atoms with Crippen LogP contribution in [0, 0.1) is 5.92 Å². The van der Waals surface area contributed by atoms with E-state index in [9.17, 15) is 9.59 Å². The minimum Gasteiger partial charge on any atom is -0.454 e. The molecule has 136 valence electrons. The number of carbonyl (C=O) groups is 2. The standard InChI is InChI=1S/C18H25N3O4/c1-3-20(4-2)18(23)21-9-7-13(8-10-21)17(22)19-14-5-6-15-16(11-14)25-12-24-15/h5-6,11,13H,3-4,7-10,12H2,1-2H3,(H,19,22). The van der Waals surface area contributed by atoms with Crippen LogP contribution in [0.5, 0.6) is 11.5 Å². The van der Waals surface area contributed by atoms with Crippen LogP contribution in [-0.4, -0.2) is 54.7 Å². The predicted octanol–water partition coefficient (Wildman–Crippen LogP) is 2.53. The molecule has 1 N–H and O–H groups in total. The lowest BCUT2D eigenvalue weighted by Crippen LogP contribution is -2.47. The molecule has 1 aromatic rings. The summed E-state index contributed by atoms with van der Waals surface area (Å²) in [5, 5.41) is 2.94. The van der Waals surface area contributed by atoms with Gasteiger partial charge in [-0.15, -0.1) is 0 Å². The average molecular weight is 347 g/mol. The molecule has 0 aliphatic carbocycles. The number of carbonyl (C=O) groups excluding carboxylic acids is 2. The Morgan fingerprint density at radius 1 is 1.16 bits per heavy atom. The van der Waals surface area contributed by atoms with E-state index >= 15 is 0 Å². The topological polar surface area (TPSA) is 71.1 Å². The number of nitrogens with zero attached hydrogens (tertiary/aromatic N) is 2. The largest absolute Gasteiger partial charge is 0.454 e. The van der Waals surface area contributed by atoms with E-state index in [4.69, 9.17) is 9.47 Å². The van der Waals surface area contributed by atoms with Crippen molar-refractivity contribution in [1.29, 1.82) is 0 Å². The zero-order chi connectivity index (χ0) is 17.8. The van der Waals surface area contributed by atoms with E-state index in [1.807, 2.05) is 29.7 Å². The van der Waals surface area contributed by atoms with E-state index in [-0.39, 0.29) is 24.6 Å². The SMILES string of the molecule is CCN(CC)C(=O)N1CCC(C(=O)Nc2ccc3c(c2)OCO3)CC1. The Morgan fingerprint density at radius 2 is 1.84 bits per heavy atom. The Morgan fingerprint density at radius 3 is 2.52 bits per heavy atom. The second kappa shape index (κ2) is 7.63. The third kappa shape index (κ3) is 3.81. The van der Waals surface area contributed by atoms with Crippen LogP contribution in [0.4, 0.5) is 10.5 Å².